The van der Waals surface area contributed by atoms with E-state index in [4.69, 9.17) is 0 Å². The largest absolute Gasteiger partial charge is 0.508 e. The summed E-state index contributed by atoms with van der Waals surface area (Å²) in [6.07, 6.45) is 5.37. The van der Waals surface area contributed by atoms with Crippen LogP contribution < -0.4 is 5.32 Å². The molecule has 6 heteroatoms. The third-order valence-corrected chi connectivity index (χ3v) is 5.35. The van der Waals surface area contributed by atoms with Gasteiger partial charge in [-0.1, -0.05) is 12.1 Å². The van der Waals surface area contributed by atoms with Gasteiger partial charge in [0.25, 0.3) is 0 Å². The summed E-state index contributed by atoms with van der Waals surface area (Å²) in [7, 11) is 1.80. The van der Waals surface area contributed by atoms with Gasteiger partial charge in [0.05, 0.1) is 12.2 Å². The van der Waals surface area contributed by atoms with Gasteiger partial charge in [0.2, 0.25) is 0 Å². The Labute approximate surface area is 146 Å². The molecule has 0 unspecified atom stereocenters. The molecule has 0 radical (unpaired) electrons. The van der Waals surface area contributed by atoms with E-state index in [1.54, 1.807) is 35.4 Å². The number of carbonyl (C=O) groups excluding carboxylic acids is 1. The summed E-state index contributed by atoms with van der Waals surface area (Å²) < 4.78 is 0. The summed E-state index contributed by atoms with van der Waals surface area (Å²) in [4.78, 5) is 19.9. The molecule has 2 aromatic rings. The SMILES string of the molecule is CN(Cc1nc2c(s1)CCCC2)C(=O)NCCc1cccc(O)c1. The summed E-state index contributed by atoms with van der Waals surface area (Å²) in [5.41, 5.74) is 2.24. The Bertz CT molecular complexity index is 691. The lowest BCUT2D eigenvalue weighted by atomic mass is 10.0. The first-order chi connectivity index (χ1) is 11.6. The number of aromatic hydroxyl groups is 1. The van der Waals surface area contributed by atoms with Crippen molar-refractivity contribution < 1.29 is 9.90 Å². The van der Waals surface area contributed by atoms with Gasteiger partial charge >= 0.3 is 6.03 Å². The lowest BCUT2D eigenvalue weighted by molar-refractivity contribution is 0.207. The topological polar surface area (TPSA) is 65.5 Å². The van der Waals surface area contributed by atoms with Crippen LogP contribution in [-0.4, -0.2) is 34.6 Å². The molecule has 24 heavy (non-hydrogen) atoms. The maximum Gasteiger partial charge on any atom is 0.317 e. The van der Waals surface area contributed by atoms with Crippen molar-refractivity contribution in [1.82, 2.24) is 15.2 Å². The van der Waals surface area contributed by atoms with Crippen molar-refractivity contribution in [2.45, 2.75) is 38.6 Å². The Morgan fingerprint density at radius 3 is 3.00 bits per heavy atom. The number of phenols is 1. The van der Waals surface area contributed by atoms with Gasteiger partial charge in [0.1, 0.15) is 10.8 Å². The molecule has 0 spiro atoms. The van der Waals surface area contributed by atoms with Crippen molar-refractivity contribution in [3.63, 3.8) is 0 Å². The zero-order chi connectivity index (χ0) is 16.9. The first kappa shape index (κ1) is 16.8. The highest BCUT2D eigenvalue weighted by molar-refractivity contribution is 7.11. The van der Waals surface area contributed by atoms with Crippen molar-refractivity contribution in [1.29, 1.82) is 0 Å². The zero-order valence-electron chi connectivity index (χ0n) is 13.9. The van der Waals surface area contributed by atoms with Gasteiger partial charge < -0.3 is 15.3 Å². The average Bonchev–Trinajstić information content (AvgIpc) is 2.97. The summed E-state index contributed by atoms with van der Waals surface area (Å²) in [6.45, 7) is 1.09. The third kappa shape index (κ3) is 4.26. The fourth-order valence-electron chi connectivity index (χ4n) is 2.91. The lowest BCUT2D eigenvalue weighted by Gasteiger charge is -2.16. The van der Waals surface area contributed by atoms with E-state index in [1.807, 2.05) is 12.1 Å². The van der Waals surface area contributed by atoms with Gasteiger partial charge in [0, 0.05) is 18.5 Å². The fraction of sp³-hybridized carbons (Fsp3) is 0.444. The summed E-state index contributed by atoms with van der Waals surface area (Å²) in [5.74, 6) is 0.253. The van der Waals surface area contributed by atoms with Crippen molar-refractivity contribution in [3.8, 4) is 5.75 Å². The number of fused-ring (bicyclic) bond motifs is 1. The number of urea groups is 1. The summed E-state index contributed by atoms with van der Waals surface area (Å²) in [5, 5.41) is 13.4. The van der Waals surface area contributed by atoms with Crippen LogP contribution in [-0.2, 0) is 25.8 Å². The molecule has 0 aliphatic heterocycles. The van der Waals surface area contributed by atoms with Crippen LogP contribution in [0.5, 0.6) is 5.75 Å². The number of nitrogens with zero attached hydrogens (tertiary/aromatic N) is 2. The molecule has 1 aromatic heterocycles. The van der Waals surface area contributed by atoms with Gasteiger partial charge in [-0.25, -0.2) is 9.78 Å². The Kier molecular flexibility index (Phi) is 5.35. The molecule has 0 bridgehead atoms. The maximum atomic E-state index is 12.2. The molecule has 0 fully saturated rings. The quantitative estimate of drug-likeness (QED) is 0.875. The first-order valence-electron chi connectivity index (χ1n) is 8.36. The minimum atomic E-state index is -0.0941. The highest BCUT2D eigenvalue weighted by Crippen LogP contribution is 2.27. The van der Waals surface area contributed by atoms with E-state index in [0.717, 1.165) is 23.4 Å². The molecular formula is C18H23N3O2S. The Hall–Kier alpha value is -2.08. The number of hydrogen-bond donors (Lipinski definition) is 2. The monoisotopic (exact) mass is 345 g/mol. The second-order valence-corrected chi connectivity index (χ2v) is 7.36. The van der Waals surface area contributed by atoms with Crippen LogP contribution in [0.3, 0.4) is 0 Å². The van der Waals surface area contributed by atoms with E-state index in [0.29, 0.717) is 19.5 Å². The number of nitrogens with one attached hydrogen (secondary N) is 1. The zero-order valence-corrected chi connectivity index (χ0v) is 14.7. The van der Waals surface area contributed by atoms with E-state index in [9.17, 15) is 9.90 Å². The number of hydrogen-bond acceptors (Lipinski definition) is 4. The molecule has 2 N–H and O–H groups in total. The predicted molar refractivity (Wildman–Crippen MR) is 95.4 cm³/mol. The average molecular weight is 345 g/mol. The Morgan fingerprint density at radius 1 is 1.38 bits per heavy atom. The van der Waals surface area contributed by atoms with Gasteiger partial charge in [0.15, 0.2) is 0 Å². The number of aromatic nitrogens is 1. The molecule has 0 atom stereocenters. The highest BCUT2D eigenvalue weighted by atomic mass is 32.1. The van der Waals surface area contributed by atoms with Crippen molar-refractivity contribution in [2.75, 3.05) is 13.6 Å². The molecule has 0 saturated carbocycles. The highest BCUT2D eigenvalue weighted by Gasteiger charge is 2.17. The second kappa shape index (κ2) is 7.66. The molecule has 0 saturated heterocycles. The van der Waals surface area contributed by atoms with Crippen LogP contribution in [0.4, 0.5) is 4.79 Å². The summed E-state index contributed by atoms with van der Waals surface area (Å²) >= 11 is 1.74. The van der Waals surface area contributed by atoms with Gasteiger partial charge in [-0.15, -0.1) is 11.3 Å². The smallest absolute Gasteiger partial charge is 0.317 e. The van der Waals surface area contributed by atoms with Crippen LogP contribution in [0, 0.1) is 0 Å². The lowest BCUT2D eigenvalue weighted by Crippen LogP contribution is -2.37. The van der Waals surface area contributed by atoms with E-state index >= 15 is 0 Å². The second-order valence-electron chi connectivity index (χ2n) is 6.19. The van der Waals surface area contributed by atoms with Gasteiger partial charge in [-0.05, 0) is 49.8 Å². The molecule has 5 nitrogen and oxygen atoms in total. The van der Waals surface area contributed by atoms with Crippen LogP contribution in [0.2, 0.25) is 0 Å². The van der Waals surface area contributed by atoms with E-state index < -0.39 is 0 Å². The number of thiazole rings is 1. The van der Waals surface area contributed by atoms with Gasteiger partial charge in [-0.3, -0.25) is 0 Å². The molecule has 2 amide bonds. The van der Waals surface area contributed by atoms with Crippen LogP contribution in [0.25, 0.3) is 0 Å². The Balaban J connectivity index is 1.47. The number of benzene rings is 1. The molecule has 1 aliphatic rings. The van der Waals surface area contributed by atoms with Crippen LogP contribution >= 0.6 is 11.3 Å². The molecular weight excluding hydrogens is 322 g/mol. The standard InChI is InChI=1S/C18H23N3O2S/c1-21(12-17-20-15-7-2-3-8-16(15)24-17)18(23)19-10-9-13-5-4-6-14(22)11-13/h4-6,11,22H,2-3,7-10,12H2,1H3,(H,19,23). The van der Waals surface area contributed by atoms with Crippen molar-refractivity contribution in [3.05, 3.63) is 45.4 Å². The number of carbonyl (C=O) groups is 1. The van der Waals surface area contributed by atoms with E-state index in [2.05, 4.69) is 10.3 Å². The molecule has 128 valence electrons. The van der Waals surface area contributed by atoms with Gasteiger partial charge in [-0.2, -0.15) is 0 Å². The normalized spacial score (nSPS) is 13.4. The number of aryl methyl sites for hydroxylation is 2. The molecule has 1 aromatic carbocycles. The fourth-order valence-corrected chi connectivity index (χ4v) is 4.12. The van der Waals surface area contributed by atoms with Crippen molar-refractivity contribution in [2.24, 2.45) is 0 Å². The predicted octanol–water partition coefficient (Wildman–Crippen LogP) is 3.11. The maximum absolute atomic E-state index is 12.2. The summed E-state index contributed by atoms with van der Waals surface area (Å²) in [6, 6.07) is 7.01. The van der Waals surface area contributed by atoms with E-state index in [-0.39, 0.29) is 11.8 Å². The molecule has 1 aliphatic carbocycles. The first-order valence-corrected chi connectivity index (χ1v) is 9.18. The molecule has 3 rings (SSSR count). The molecule has 1 heterocycles. The van der Waals surface area contributed by atoms with Crippen molar-refractivity contribution >= 4 is 17.4 Å². The number of amides is 2. The number of rotatable bonds is 5. The Morgan fingerprint density at radius 2 is 2.21 bits per heavy atom. The van der Waals surface area contributed by atoms with Crippen LogP contribution in [0.1, 0.15) is 34.0 Å². The minimum absolute atomic E-state index is 0.0941. The third-order valence-electron chi connectivity index (χ3n) is 4.21. The minimum Gasteiger partial charge on any atom is -0.508 e. The number of phenolic OH excluding ortho intramolecular Hbond substituents is 1. The van der Waals surface area contributed by atoms with Crippen LogP contribution in [0.15, 0.2) is 24.3 Å². The van der Waals surface area contributed by atoms with E-state index in [1.165, 1.54) is 23.4 Å².